The SMILES string of the molecule is CC(=O)Nc1cccc(/C(C)=N/NC(=O)Cc2ccc(F)cc2)c1. The van der Waals surface area contributed by atoms with Crippen LogP contribution >= 0.6 is 0 Å². The molecule has 0 saturated heterocycles. The van der Waals surface area contributed by atoms with Crippen LogP contribution < -0.4 is 10.7 Å². The number of carbonyl (C=O) groups is 2. The molecule has 2 aromatic carbocycles. The molecule has 0 unspecified atom stereocenters. The van der Waals surface area contributed by atoms with Crippen molar-refractivity contribution in [3.63, 3.8) is 0 Å². The molecule has 2 aromatic rings. The summed E-state index contributed by atoms with van der Waals surface area (Å²) in [7, 11) is 0. The maximum atomic E-state index is 12.8. The van der Waals surface area contributed by atoms with Crippen LogP contribution in [0, 0.1) is 5.82 Å². The van der Waals surface area contributed by atoms with Crippen molar-refractivity contribution in [2.45, 2.75) is 20.3 Å². The number of nitrogens with zero attached hydrogens (tertiary/aromatic N) is 1. The molecule has 2 N–H and O–H groups in total. The molecule has 5 nitrogen and oxygen atoms in total. The Hall–Kier alpha value is -3.02. The zero-order chi connectivity index (χ0) is 17.5. The van der Waals surface area contributed by atoms with E-state index in [0.29, 0.717) is 17.0 Å². The first-order chi connectivity index (χ1) is 11.4. The van der Waals surface area contributed by atoms with Crippen molar-refractivity contribution in [2.75, 3.05) is 5.32 Å². The van der Waals surface area contributed by atoms with E-state index in [9.17, 15) is 14.0 Å². The standard InChI is InChI=1S/C18H18FN3O2/c1-12(15-4-3-5-17(11-15)20-13(2)23)21-22-18(24)10-14-6-8-16(19)9-7-14/h3-9,11H,10H2,1-2H3,(H,20,23)(H,22,24)/b21-12+. The van der Waals surface area contributed by atoms with Gasteiger partial charge >= 0.3 is 0 Å². The fourth-order valence-corrected chi connectivity index (χ4v) is 2.06. The Bertz CT molecular complexity index is 770. The van der Waals surface area contributed by atoms with E-state index in [1.807, 2.05) is 6.07 Å². The predicted octanol–water partition coefficient (Wildman–Crippen LogP) is 2.87. The van der Waals surface area contributed by atoms with Gasteiger partial charge in [0.2, 0.25) is 11.8 Å². The summed E-state index contributed by atoms with van der Waals surface area (Å²) in [6.07, 6.45) is 0.114. The number of hydrogen-bond acceptors (Lipinski definition) is 3. The molecule has 0 saturated carbocycles. The number of halogens is 1. The van der Waals surface area contributed by atoms with Gasteiger partial charge in [-0.3, -0.25) is 9.59 Å². The highest BCUT2D eigenvalue weighted by atomic mass is 19.1. The van der Waals surface area contributed by atoms with Crippen LogP contribution in [0.2, 0.25) is 0 Å². The molecule has 0 bridgehead atoms. The van der Waals surface area contributed by atoms with E-state index >= 15 is 0 Å². The molecular formula is C18H18FN3O2. The van der Waals surface area contributed by atoms with E-state index in [1.54, 1.807) is 37.3 Å². The Kier molecular flexibility index (Phi) is 5.78. The maximum absolute atomic E-state index is 12.8. The monoisotopic (exact) mass is 327 g/mol. The van der Waals surface area contributed by atoms with Gasteiger partial charge in [-0.1, -0.05) is 24.3 Å². The summed E-state index contributed by atoms with van der Waals surface area (Å²) in [4.78, 5) is 23.0. The quantitative estimate of drug-likeness (QED) is 0.655. The maximum Gasteiger partial charge on any atom is 0.244 e. The predicted molar refractivity (Wildman–Crippen MR) is 91.2 cm³/mol. The Morgan fingerprint density at radius 3 is 2.46 bits per heavy atom. The van der Waals surface area contributed by atoms with E-state index in [2.05, 4.69) is 15.8 Å². The molecular weight excluding hydrogens is 309 g/mol. The van der Waals surface area contributed by atoms with Gasteiger partial charge in [-0.25, -0.2) is 9.82 Å². The zero-order valence-corrected chi connectivity index (χ0v) is 13.5. The molecule has 0 aliphatic carbocycles. The van der Waals surface area contributed by atoms with Gasteiger partial charge in [0.05, 0.1) is 12.1 Å². The molecule has 0 heterocycles. The first-order valence-electron chi connectivity index (χ1n) is 7.39. The van der Waals surface area contributed by atoms with Crippen molar-refractivity contribution in [1.29, 1.82) is 0 Å². The van der Waals surface area contributed by atoms with Gasteiger partial charge in [0, 0.05) is 12.6 Å². The van der Waals surface area contributed by atoms with Crippen LogP contribution in [0.15, 0.2) is 53.6 Å². The Balaban J connectivity index is 1.99. The Morgan fingerprint density at radius 1 is 1.08 bits per heavy atom. The van der Waals surface area contributed by atoms with Crippen LogP contribution in [0.1, 0.15) is 25.0 Å². The summed E-state index contributed by atoms with van der Waals surface area (Å²) in [6.45, 7) is 3.19. The Labute approximate surface area is 139 Å². The summed E-state index contributed by atoms with van der Waals surface area (Å²) < 4.78 is 12.8. The smallest absolute Gasteiger partial charge is 0.244 e. The average molecular weight is 327 g/mol. The molecule has 124 valence electrons. The van der Waals surface area contributed by atoms with Crippen LogP contribution in [0.5, 0.6) is 0 Å². The minimum absolute atomic E-state index is 0.114. The summed E-state index contributed by atoms with van der Waals surface area (Å²) >= 11 is 0. The van der Waals surface area contributed by atoms with E-state index < -0.39 is 0 Å². The third kappa shape index (κ3) is 5.31. The number of benzene rings is 2. The van der Waals surface area contributed by atoms with Gasteiger partial charge in [-0.2, -0.15) is 5.10 Å². The number of anilines is 1. The lowest BCUT2D eigenvalue weighted by molar-refractivity contribution is -0.120. The van der Waals surface area contributed by atoms with Crippen LogP contribution in [-0.2, 0) is 16.0 Å². The molecule has 0 fully saturated rings. The number of amides is 2. The lowest BCUT2D eigenvalue weighted by Crippen LogP contribution is -2.21. The zero-order valence-electron chi connectivity index (χ0n) is 13.5. The number of hydrogen-bond donors (Lipinski definition) is 2. The van der Waals surface area contributed by atoms with Crippen LogP contribution in [0.3, 0.4) is 0 Å². The largest absolute Gasteiger partial charge is 0.326 e. The van der Waals surface area contributed by atoms with Gasteiger partial charge in [-0.15, -0.1) is 0 Å². The summed E-state index contributed by atoms with van der Waals surface area (Å²) in [6, 6.07) is 12.9. The van der Waals surface area contributed by atoms with Crippen molar-refractivity contribution in [3.8, 4) is 0 Å². The second-order valence-electron chi connectivity index (χ2n) is 5.30. The molecule has 0 aliphatic rings. The van der Waals surface area contributed by atoms with Gasteiger partial charge in [-0.05, 0) is 42.3 Å². The number of nitrogens with one attached hydrogen (secondary N) is 2. The first kappa shape index (κ1) is 17.3. The third-order valence-corrected chi connectivity index (χ3v) is 3.23. The molecule has 0 aliphatic heterocycles. The molecule has 2 rings (SSSR count). The molecule has 0 aromatic heterocycles. The van der Waals surface area contributed by atoms with Crippen LogP contribution in [-0.4, -0.2) is 17.5 Å². The minimum Gasteiger partial charge on any atom is -0.326 e. The average Bonchev–Trinajstić information content (AvgIpc) is 2.54. The van der Waals surface area contributed by atoms with Crippen molar-refractivity contribution >= 4 is 23.2 Å². The van der Waals surface area contributed by atoms with Crippen molar-refractivity contribution < 1.29 is 14.0 Å². The molecule has 0 atom stereocenters. The van der Waals surface area contributed by atoms with E-state index in [0.717, 1.165) is 5.56 Å². The van der Waals surface area contributed by atoms with Crippen LogP contribution in [0.25, 0.3) is 0 Å². The number of hydrazone groups is 1. The van der Waals surface area contributed by atoms with Gasteiger partial charge in [0.1, 0.15) is 5.82 Å². The van der Waals surface area contributed by atoms with Crippen molar-refractivity contribution in [2.24, 2.45) is 5.10 Å². The van der Waals surface area contributed by atoms with Crippen molar-refractivity contribution in [1.82, 2.24) is 5.43 Å². The molecule has 24 heavy (non-hydrogen) atoms. The second kappa shape index (κ2) is 8.01. The highest BCUT2D eigenvalue weighted by molar-refractivity contribution is 6.00. The van der Waals surface area contributed by atoms with E-state index in [-0.39, 0.29) is 24.1 Å². The fraction of sp³-hybridized carbons (Fsp3) is 0.167. The summed E-state index contributed by atoms with van der Waals surface area (Å²) in [5.41, 5.74) is 5.22. The van der Waals surface area contributed by atoms with Gasteiger partial charge in [0.25, 0.3) is 0 Å². The van der Waals surface area contributed by atoms with Gasteiger partial charge < -0.3 is 5.32 Å². The minimum atomic E-state index is -0.341. The summed E-state index contributed by atoms with van der Waals surface area (Å²) in [5.74, 6) is -0.791. The molecule has 2 amide bonds. The highest BCUT2D eigenvalue weighted by Gasteiger charge is 2.04. The second-order valence-corrected chi connectivity index (χ2v) is 5.30. The van der Waals surface area contributed by atoms with Gasteiger partial charge in [0.15, 0.2) is 0 Å². The molecule has 6 heteroatoms. The molecule has 0 radical (unpaired) electrons. The summed E-state index contributed by atoms with van der Waals surface area (Å²) in [5, 5.41) is 6.75. The van der Waals surface area contributed by atoms with E-state index in [4.69, 9.17) is 0 Å². The fourth-order valence-electron chi connectivity index (χ4n) is 2.06. The lowest BCUT2D eigenvalue weighted by atomic mass is 10.1. The third-order valence-electron chi connectivity index (χ3n) is 3.23. The van der Waals surface area contributed by atoms with Crippen molar-refractivity contribution in [3.05, 3.63) is 65.5 Å². The van der Waals surface area contributed by atoms with E-state index in [1.165, 1.54) is 19.1 Å². The number of rotatable bonds is 5. The van der Waals surface area contributed by atoms with Crippen LogP contribution in [0.4, 0.5) is 10.1 Å². The lowest BCUT2D eigenvalue weighted by Gasteiger charge is -2.06. The normalized spacial score (nSPS) is 11.0. The highest BCUT2D eigenvalue weighted by Crippen LogP contribution is 2.11. The topological polar surface area (TPSA) is 70.6 Å². The Morgan fingerprint density at radius 2 is 1.79 bits per heavy atom. The first-order valence-corrected chi connectivity index (χ1v) is 7.39. The number of carbonyl (C=O) groups excluding carboxylic acids is 2. The molecule has 0 spiro atoms.